The highest BCUT2D eigenvalue weighted by Crippen LogP contribution is 2.49. The number of ketones is 1. The molecule has 0 unspecified atom stereocenters. The van der Waals surface area contributed by atoms with Crippen LogP contribution in [0.4, 0.5) is 0 Å². The Morgan fingerprint density at radius 3 is 2.68 bits per heavy atom. The Hall–Kier alpha value is -2.41. The highest BCUT2D eigenvalue weighted by Gasteiger charge is 2.50. The molecule has 0 bridgehead atoms. The predicted molar refractivity (Wildman–Crippen MR) is 69.3 cm³/mol. The number of aromatic nitrogens is 2. The summed E-state index contributed by atoms with van der Waals surface area (Å²) in [4.78, 5) is 16.4. The van der Waals surface area contributed by atoms with Crippen LogP contribution in [-0.4, -0.2) is 15.3 Å². The molecule has 1 aliphatic carbocycles. The van der Waals surface area contributed by atoms with Gasteiger partial charge >= 0.3 is 0 Å². The Labute approximate surface area is 111 Å². The van der Waals surface area contributed by atoms with Crippen LogP contribution in [0.3, 0.4) is 0 Å². The summed E-state index contributed by atoms with van der Waals surface area (Å²) in [6.07, 6.45) is 4.97. The molecule has 1 aromatic heterocycles. The van der Waals surface area contributed by atoms with Crippen molar-refractivity contribution in [3.8, 4) is 6.07 Å². The number of hydrogen-bond donors (Lipinski definition) is 0. The van der Waals surface area contributed by atoms with Gasteiger partial charge in [0.25, 0.3) is 0 Å². The molecule has 1 fully saturated rings. The molecule has 2 aromatic rings. The third-order valence-electron chi connectivity index (χ3n) is 3.68. The lowest BCUT2D eigenvalue weighted by atomic mass is 9.91. The first-order valence-electron chi connectivity index (χ1n) is 6.25. The minimum absolute atomic E-state index is 0.195. The van der Waals surface area contributed by atoms with Gasteiger partial charge in [0.15, 0.2) is 11.5 Å². The molecule has 1 aliphatic rings. The van der Waals surface area contributed by atoms with Gasteiger partial charge in [0.1, 0.15) is 6.07 Å². The molecule has 1 saturated carbocycles. The molecule has 0 aliphatic heterocycles. The van der Waals surface area contributed by atoms with Crippen molar-refractivity contribution in [1.82, 2.24) is 9.55 Å². The standard InChI is InChI=1S/C15H13N3O/c16-8-13-9-18(11-17-13)10-14(19)15(6-7-15)12-4-2-1-3-5-12/h1-5,9,11H,6-7,10H2. The lowest BCUT2D eigenvalue weighted by Gasteiger charge is -2.14. The summed E-state index contributed by atoms with van der Waals surface area (Å²) in [6.45, 7) is 0.281. The van der Waals surface area contributed by atoms with Crippen LogP contribution < -0.4 is 0 Å². The fourth-order valence-electron chi connectivity index (χ4n) is 2.43. The summed E-state index contributed by atoms with van der Waals surface area (Å²) < 4.78 is 1.68. The molecule has 4 heteroatoms. The lowest BCUT2D eigenvalue weighted by molar-refractivity contribution is -0.122. The van der Waals surface area contributed by atoms with Crippen LogP contribution in [0.15, 0.2) is 42.9 Å². The molecule has 0 atom stereocenters. The summed E-state index contributed by atoms with van der Waals surface area (Å²) in [7, 11) is 0. The molecule has 1 heterocycles. The summed E-state index contributed by atoms with van der Waals surface area (Å²) in [5, 5.41) is 8.72. The number of imidazole rings is 1. The molecule has 0 amide bonds. The van der Waals surface area contributed by atoms with E-state index in [9.17, 15) is 4.79 Å². The Bertz CT molecular complexity index is 648. The van der Waals surface area contributed by atoms with Crippen molar-refractivity contribution in [2.45, 2.75) is 24.8 Å². The van der Waals surface area contributed by atoms with Gasteiger partial charge in [-0.1, -0.05) is 30.3 Å². The molecule has 94 valence electrons. The van der Waals surface area contributed by atoms with Crippen LogP contribution in [0.2, 0.25) is 0 Å². The normalized spacial score (nSPS) is 15.7. The smallest absolute Gasteiger partial charge is 0.163 e. The predicted octanol–water partition coefficient (Wildman–Crippen LogP) is 2.06. The first-order chi connectivity index (χ1) is 9.24. The molecular weight excluding hydrogens is 238 g/mol. The van der Waals surface area contributed by atoms with Gasteiger partial charge in [-0.3, -0.25) is 4.79 Å². The largest absolute Gasteiger partial charge is 0.329 e. The molecule has 4 nitrogen and oxygen atoms in total. The second kappa shape index (κ2) is 4.36. The Kier molecular flexibility index (Phi) is 2.68. The maximum absolute atomic E-state index is 12.5. The van der Waals surface area contributed by atoms with Crippen molar-refractivity contribution in [3.05, 3.63) is 54.1 Å². The Morgan fingerprint density at radius 1 is 1.37 bits per heavy atom. The van der Waals surface area contributed by atoms with Crippen molar-refractivity contribution in [2.75, 3.05) is 0 Å². The number of nitrogens with zero attached hydrogens (tertiary/aromatic N) is 3. The van der Waals surface area contributed by atoms with E-state index in [1.807, 2.05) is 36.4 Å². The number of carbonyl (C=O) groups is 1. The summed E-state index contributed by atoms with van der Waals surface area (Å²) in [5.41, 5.74) is 1.14. The van der Waals surface area contributed by atoms with Gasteiger partial charge in [-0.05, 0) is 18.4 Å². The average molecular weight is 251 g/mol. The molecule has 19 heavy (non-hydrogen) atoms. The van der Waals surface area contributed by atoms with E-state index < -0.39 is 0 Å². The highest BCUT2D eigenvalue weighted by atomic mass is 16.1. The van der Waals surface area contributed by atoms with Gasteiger partial charge < -0.3 is 4.57 Å². The molecule has 0 saturated heterocycles. The minimum atomic E-state index is -0.307. The zero-order valence-electron chi connectivity index (χ0n) is 10.4. The first kappa shape index (κ1) is 11.7. The van der Waals surface area contributed by atoms with E-state index in [0.29, 0.717) is 5.69 Å². The van der Waals surface area contributed by atoms with E-state index >= 15 is 0 Å². The summed E-state index contributed by atoms with van der Waals surface area (Å²) >= 11 is 0. The van der Waals surface area contributed by atoms with Crippen molar-refractivity contribution in [2.24, 2.45) is 0 Å². The van der Waals surface area contributed by atoms with Crippen molar-refractivity contribution in [3.63, 3.8) is 0 Å². The van der Waals surface area contributed by atoms with Crippen molar-refractivity contribution >= 4 is 5.78 Å². The number of benzene rings is 1. The molecule has 0 N–H and O–H groups in total. The molecular formula is C15H13N3O. The summed E-state index contributed by atoms with van der Waals surface area (Å²) in [5.74, 6) is 0.195. The van der Waals surface area contributed by atoms with Crippen LogP contribution in [0.25, 0.3) is 0 Å². The minimum Gasteiger partial charge on any atom is -0.329 e. The van der Waals surface area contributed by atoms with E-state index in [4.69, 9.17) is 5.26 Å². The van der Waals surface area contributed by atoms with Gasteiger partial charge in [-0.15, -0.1) is 0 Å². The fraction of sp³-hybridized carbons (Fsp3) is 0.267. The van der Waals surface area contributed by atoms with E-state index in [1.165, 1.54) is 6.33 Å². The van der Waals surface area contributed by atoms with Crippen LogP contribution in [0, 0.1) is 11.3 Å². The van der Waals surface area contributed by atoms with E-state index in [-0.39, 0.29) is 17.7 Å². The second-order valence-electron chi connectivity index (χ2n) is 4.91. The maximum atomic E-state index is 12.5. The summed E-state index contributed by atoms with van der Waals surface area (Å²) in [6, 6.07) is 11.9. The molecule has 1 aromatic carbocycles. The zero-order valence-corrected chi connectivity index (χ0v) is 10.4. The number of Topliss-reactive ketones (excluding diaryl/α,β-unsaturated/α-hetero) is 1. The average Bonchev–Trinajstić information content (AvgIpc) is 3.15. The van der Waals surface area contributed by atoms with Gasteiger partial charge in [-0.25, -0.2) is 4.98 Å². The molecule has 0 spiro atoms. The zero-order chi connectivity index (χ0) is 13.3. The van der Waals surface area contributed by atoms with Crippen LogP contribution in [0.5, 0.6) is 0 Å². The van der Waals surface area contributed by atoms with Crippen molar-refractivity contribution < 1.29 is 4.79 Å². The third-order valence-corrected chi connectivity index (χ3v) is 3.68. The van der Waals surface area contributed by atoms with Crippen LogP contribution in [-0.2, 0) is 16.8 Å². The molecule has 3 rings (SSSR count). The van der Waals surface area contributed by atoms with Gasteiger partial charge in [0, 0.05) is 6.20 Å². The second-order valence-corrected chi connectivity index (χ2v) is 4.91. The van der Waals surface area contributed by atoms with Crippen molar-refractivity contribution in [1.29, 1.82) is 5.26 Å². The highest BCUT2D eigenvalue weighted by molar-refractivity contribution is 5.92. The fourth-order valence-corrected chi connectivity index (χ4v) is 2.43. The maximum Gasteiger partial charge on any atom is 0.163 e. The number of rotatable bonds is 4. The van der Waals surface area contributed by atoms with Gasteiger partial charge in [-0.2, -0.15) is 5.26 Å². The molecule has 0 radical (unpaired) electrons. The Balaban J connectivity index is 1.80. The lowest BCUT2D eigenvalue weighted by Crippen LogP contribution is -2.24. The van der Waals surface area contributed by atoms with Gasteiger partial charge in [0.05, 0.1) is 18.3 Å². The third kappa shape index (κ3) is 2.04. The van der Waals surface area contributed by atoms with E-state index in [2.05, 4.69) is 4.98 Å². The van der Waals surface area contributed by atoms with Crippen LogP contribution in [0.1, 0.15) is 24.1 Å². The number of carbonyl (C=O) groups excluding carboxylic acids is 1. The van der Waals surface area contributed by atoms with E-state index in [1.54, 1.807) is 10.8 Å². The van der Waals surface area contributed by atoms with E-state index in [0.717, 1.165) is 18.4 Å². The topological polar surface area (TPSA) is 58.7 Å². The monoisotopic (exact) mass is 251 g/mol. The Morgan fingerprint density at radius 2 is 2.11 bits per heavy atom. The van der Waals surface area contributed by atoms with Gasteiger partial charge in [0.2, 0.25) is 0 Å². The SMILES string of the molecule is N#Cc1cn(CC(=O)C2(c3ccccc3)CC2)cn1. The number of hydrogen-bond acceptors (Lipinski definition) is 3. The van der Waals surface area contributed by atoms with Crippen LogP contribution >= 0.6 is 0 Å². The first-order valence-corrected chi connectivity index (χ1v) is 6.25. The quantitative estimate of drug-likeness (QED) is 0.835. The number of nitriles is 1.